The van der Waals surface area contributed by atoms with Crippen LogP contribution in [0.3, 0.4) is 0 Å². The molecule has 0 atom stereocenters. The molecule has 5 nitrogen and oxygen atoms in total. The first-order valence-corrected chi connectivity index (χ1v) is 7.51. The van der Waals surface area contributed by atoms with Gasteiger partial charge in [-0.3, -0.25) is 9.69 Å². The van der Waals surface area contributed by atoms with Crippen LogP contribution in [0.25, 0.3) is 0 Å². The molecular weight excluding hydrogens is 286 g/mol. The molecule has 3 N–H and O–H groups in total. The van der Waals surface area contributed by atoms with Gasteiger partial charge in [0.05, 0.1) is 18.2 Å². The van der Waals surface area contributed by atoms with E-state index >= 15 is 0 Å². The molecular formula is C15H21N3O2S. The largest absolute Gasteiger partial charge is 0.393 e. The minimum Gasteiger partial charge on any atom is -0.393 e. The van der Waals surface area contributed by atoms with E-state index in [1.165, 1.54) is 0 Å². The van der Waals surface area contributed by atoms with Gasteiger partial charge < -0.3 is 15.8 Å². The van der Waals surface area contributed by atoms with Gasteiger partial charge in [0.1, 0.15) is 0 Å². The summed E-state index contributed by atoms with van der Waals surface area (Å²) in [4.78, 5) is 14.8. The number of benzene rings is 1. The molecule has 1 aliphatic heterocycles. The molecule has 21 heavy (non-hydrogen) atoms. The molecule has 1 aromatic carbocycles. The Morgan fingerprint density at radius 2 is 1.95 bits per heavy atom. The van der Waals surface area contributed by atoms with Crippen molar-refractivity contribution in [2.75, 3.05) is 39.4 Å². The number of hydrogen-bond donors (Lipinski definition) is 2. The monoisotopic (exact) mass is 307 g/mol. The summed E-state index contributed by atoms with van der Waals surface area (Å²) in [5.74, 6) is -0.0508. The highest BCUT2D eigenvalue weighted by molar-refractivity contribution is 7.80. The molecule has 6 heteroatoms. The van der Waals surface area contributed by atoms with E-state index in [1.54, 1.807) is 12.1 Å². The van der Waals surface area contributed by atoms with Crippen molar-refractivity contribution in [3.63, 3.8) is 0 Å². The van der Waals surface area contributed by atoms with Crippen LogP contribution in [0.5, 0.6) is 0 Å². The van der Waals surface area contributed by atoms with Crippen molar-refractivity contribution in [3.05, 3.63) is 35.4 Å². The van der Waals surface area contributed by atoms with Gasteiger partial charge in [-0.05, 0) is 17.7 Å². The third-order valence-electron chi connectivity index (χ3n) is 3.41. The Labute approximate surface area is 130 Å². The standard InChI is InChI=1S/C15H21N3O2S/c16-14(21)11-12-1-3-13(4-2-12)15(19)17-5-6-18-7-9-20-10-8-18/h1-4H,5-11H2,(H2,16,21)(H,17,19). The minimum absolute atomic E-state index is 0.0508. The predicted octanol–water partition coefficient (Wildman–Crippen LogP) is 0.577. The van der Waals surface area contributed by atoms with Crippen LogP contribution >= 0.6 is 12.2 Å². The van der Waals surface area contributed by atoms with Crippen LogP contribution in [0.1, 0.15) is 15.9 Å². The van der Waals surface area contributed by atoms with Gasteiger partial charge in [-0.25, -0.2) is 0 Å². The molecule has 1 fully saturated rings. The molecule has 0 radical (unpaired) electrons. The number of nitrogens with one attached hydrogen (secondary N) is 1. The molecule has 0 aliphatic carbocycles. The zero-order chi connectivity index (χ0) is 15.1. The molecule has 0 spiro atoms. The smallest absolute Gasteiger partial charge is 0.251 e. The Bertz CT molecular complexity index is 484. The lowest BCUT2D eigenvalue weighted by Gasteiger charge is -2.26. The summed E-state index contributed by atoms with van der Waals surface area (Å²) in [6, 6.07) is 7.38. The van der Waals surface area contributed by atoms with Crippen molar-refractivity contribution in [2.45, 2.75) is 6.42 Å². The van der Waals surface area contributed by atoms with E-state index in [4.69, 9.17) is 22.7 Å². The van der Waals surface area contributed by atoms with Gasteiger partial charge in [0.15, 0.2) is 0 Å². The number of ether oxygens (including phenoxy) is 1. The zero-order valence-corrected chi connectivity index (χ0v) is 12.8. The summed E-state index contributed by atoms with van der Waals surface area (Å²) in [6.07, 6.45) is 0.564. The van der Waals surface area contributed by atoms with E-state index in [0.29, 0.717) is 23.5 Å². The van der Waals surface area contributed by atoms with Gasteiger partial charge in [0, 0.05) is 38.2 Å². The van der Waals surface area contributed by atoms with Gasteiger partial charge in [0.2, 0.25) is 0 Å². The highest BCUT2D eigenvalue weighted by atomic mass is 32.1. The second-order valence-electron chi connectivity index (χ2n) is 5.05. The predicted molar refractivity (Wildman–Crippen MR) is 86.5 cm³/mol. The first-order chi connectivity index (χ1) is 10.1. The maximum atomic E-state index is 12.0. The van der Waals surface area contributed by atoms with Crippen molar-refractivity contribution in [1.82, 2.24) is 10.2 Å². The number of nitrogens with zero attached hydrogens (tertiary/aromatic N) is 1. The van der Waals surface area contributed by atoms with Crippen LogP contribution in [0.2, 0.25) is 0 Å². The van der Waals surface area contributed by atoms with E-state index in [1.807, 2.05) is 12.1 Å². The van der Waals surface area contributed by atoms with E-state index in [2.05, 4.69) is 10.2 Å². The average Bonchev–Trinajstić information content (AvgIpc) is 2.48. The van der Waals surface area contributed by atoms with Gasteiger partial charge >= 0.3 is 0 Å². The molecule has 0 aromatic heterocycles. The quantitative estimate of drug-likeness (QED) is 0.753. The zero-order valence-electron chi connectivity index (χ0n) is 12.0. The van der Waals surface area contributed by atoms with E-state index in [9.17, 15) is 4.79 Å². The first kappa shape index (κ1) is 15.9. The first-order valence-electron chi connectivity index (χ1n) is 7.10. The molecule has 114 valence electrons. The van der Waals surface area contributed by atoms with Crippen LogP contribution < -0.4 is 11.1 Å². The van der Waals surface area contributed by atoms with Crippen LogP contribution in [-0.4, -0.2) is 55.2 Å². The third-order valence-corrected chi connectivity index (χ3v) is 3.56. The third kappa shape index (κ3) is 5.41. The Morgan fingerprint density at radius 3 is 2.57 bits per heavy atom. The molecule has 1 heterocycles. The van der Waals surface area contributed by atoms with E-state index in [0.717, 1.165) is 38.4 Å². The summed E-state index contributed by atoms with van der Waals surface area (Å²) in [5.41, 5.74) is 7.17. The van der Waals surface area contributed by atoms with Crippen molar-refractivity contribution >= 4 is 23.1 Å². The van der Waals surface area contributed by atoms with Gasteiger partial charge in [-0.1, -0.05) is 24.4 Å². The number of carbonyl (C=O) groups is 1. The molecule has 0 bridgehead atoms. The Kier molecular flexibility index (Phi) is 6.10. The number of rotatable bonds is 6. The fourth-order valence-corrected chi connectivity index (χ4v) is 2.40. The maximum Gasteiger partial charge on any atom is 0.251 e. The topological polar surface area (TPSA) is 67.6 Å². The molecule has 1 saturated heterocycles. The van der Waals surface area contributed by atoms with Crippen molar-refractivity contribution < 1.29 is 9.53 Å². The number of amides is 1. The Morgan fingerprint density at radius 1 is 1.29 bits per heavy atom. The van der Waals surface area contributed by atoms with Crippen LogP contribution in [-0.2, 0) is 11.2 Å². The van der Waals surface area contributed by atoms with Crippen LogP contribution in [0.4, 0.5) is 0 Å². The van der Waals surface area contributed by atoms with Crippen molar-refractivity contribution in [3.8, 4) is 0 Å². The lowest BCUT2D eigenvalue weighted by atomic mass is 10.1. The van der Waals surface area contributed by atoms with Crippen molar-refractivity contribution in [2.24, 2.45) is 5.73 Å². The normalized spacial score (nSPS) is 15.6. The molecule has 1 aliphatic rings. The fraction of sp³-hybridized carbons (Fsp3) is 0.467. The number of carbonyl (C=O) groups excluding carboxylic acids is 1. The molecule has 1 aromatic rings. The number of hydrogen-bond acceptors (Lipinski definition) is 4. The number of thiocarbonyl (C=S) groups is 1. The second-order valence-corrected chi connectivity index (χ2v) is 5.57. The number of nitrogens with two attached hydrogens (primary N) is 1. The molecule has 1 amide bonds. The summed E-state index contributed by atoms with van der Waals surface area (Å²) < 4.78 is 5.29. The van der Waals surface area contributed by atoms with Gasteiger partial charge in [-0.2, -0.15) is 0 Å². The fourth-order valence-electron chi connectivity index (χ4n) is 2.23. The Balaban J connectivity index is 1.75. The maximum absolute atomic E-state index is 12.0. The lowest BCUT2D eigenvalue weighted by molar-refractivity contribution is 0.0383. The molecule has 2 rings (SSSR count). The Hall–Kier alpha value is -1.50. The molecule has 0 unspecified atom stereocenters. The van der Waals surface area contributed by atoms with Gasteiger partial charge in [-0.15, -0.1) is 0 Å². The van der Waals surface area contributed by atoms with Gasteiger partial charge in [0.25, 0.3) is 5.91 Å². The van der Waals surface area contributed by atoms with Crippen LogP contribution in [0, 0.1) is 0 Å². The summed E-state index contributed by atoms with van der Waals surface area (Å²) in [7, 11) is 0. The highest BCUT2D eigenvalue weighted by Crippen LogP contribution is 2.05. The summed E-state index contributed by atoms with van der Waals surface area (Å²) in [5, 5.41) is 2.93. The van der Waals surface area contributed by atoms with E-state index < -0.39 is 0 Å². The summed E-state index contributed by atoms with van der Waals surface area (Å²) >= 11 is 4.87. The lowest BCUT2D eigenvalue weighted by Crippen LogP contribution is -2.41. The summed E-state index contributed by atoms with van der Waals surface area (Å²) in [6.45, 7) is 4.92. The van der Waals surface area contributed by atoms with Crippen molar-refractivity contribution in [1.29, 1.82) is 0 Å². The second kappa shape index (κ2) is 8.07. The average molecular weight is 307 g/mol. The van der Waals surface area contributed by atoms with E-state index in [-0.39, 0.29) is 5.91 Å². The molecule has 0 saturated carbocycles. The highest BCUT2D eigenvalue weighted by Gasteiger charge is 2.10. The minimum atomic E-state index is -0.0508. The SMILES string of the molecule is NC(=S)Cc1ccc(C(=O)NCCN2CCOCC2)cc1. The van der Waals surface area contributed by atoms with Crippen LogP contribution in [0.15, 0.2) is 24.3 Å². The number of morpholine rings is 1.